The zero-order valence-corrected chi connectivity index (χ0v) is 16.5. The molecule has 2 bridgehead atoms. The first kappa shape index (κ1) is 18.2. The number of amides is 2. The van der Waals surface area contributed by atoms with Crippen molar-refractivity contribution in [1.29, 1.82) is 0 Å². The molecule has 0 N–H and O–H groups in total. The van der Waals surface area contributed by atoms with Gasteiger partial charge in [0.05, 0.1) is 31.0 Å². The van der Waals surface area contributed by atoms with Crippen LogP contribution in [0.1, 0.15) is 27.7 Å². The van der Waals surface area contributed by atoms with Crippen LogP contribution in [0.3, 0.4) is 0 Å². The second kappa shape index (κ2) is 6.19. The number of likely N-dealkylation sites (tertiary alicyclic amines) is 1. The molecule has 7 nitrogen and oxygen atoms in total. The lowest BCUT2D eigenvalue weighted by Crippen LogP contribution is -2.48. The number of rotatable bonds is 5. The van der Waals surface area contributed by atoms with Crippen molar-refractivity contribution in [2.24, 2.45) is 11.8 Å². The average molecular weight is 372 g/mol. The molecule has 1 spiro atoms. The molecule has 3 aliphatic heterocycles. The Kier molecular flexibility index (Phi) is 4.18. The first-order valence-corrected chi connectivity index (χ1v) is 9.72. The number of aromatic nitrogens is 2. The van der Waals surface area contributed by atoms with Crippen LogP contribution in [-0.2, 0) is 20.9 Å². The van der Waals surface area contributed by atoms with Crippen molar-refractivity contribution in [2.75, 3.05) is 19.6 Å². The predicted molar refractivity (Wildman–Crippen MR) is 99.7 cm³/mol. The summed E-state index contributed by atoms with van der Waals surface area (Å²) in [6, 6.07) is 1.87. The fourth-order valence-electron chi connectivity index (χ4n) is 4.64. The van der Waals surface area contributed by atoms with Gasteiger partial charge in [0, 0.05) is 31.0 Å². The molecule has 2 fully saturated rings. The van der Waals surface area contributed by atoms with Gasteiger partial charge < -0.3 is 14.5 Å². The van der Waals surface area contributed by atoms with E-state index >= 15 is 0 Å². The zero-order valence-electron chi connectivity index (χ0n) is 16.5. The Hall–Kier alpha value is -2.15. The maximum absolute atomic E-state index is 13.4. The van der Waals surface area contributed by atoms with Gasteiger partial charge in [-0.15, -0.1) is 0 Å². The summed E-state index contributed by atoms with van der Waals surface area (Å²) in [5, 5.41) is 4.20. The minimum Gasteiger partial charge on any atom is -0.360 e. The fraction of sp³-hybridized carbons (Fsp3) is 0.650. The second-order valence-electron chi connectivity index (χ2n) is 8.68. The van der Waals surface area contributed by atoms with Gasteiger partial charge in [-0.3, -0.25) is 14.3 Å². The molecule has 27 heavy (non-hydrogen) atoms. The van der Waals surface area contributed by atoms with Crippen LogP contribution >= 0.6 is 0 Å². The Morgan fingerprint density at radius 1 is 1.44 bits per heavy atom. The van der Waals surface area contributed by atoms with Gasteiger partial charge >= 0.3 is 0 Å². The van der Waals surface area contributed by atoms with Crippen LogP contribution in [0, 0.1) is 11.8 Å². The van der Waals surface area contributed by atoms with Gasteiger partial charge in [0.15, 0.2) is 0 Å². The van der Waals surface area contributed by atoms with E-state index in [0.717, 1.165) is 0 Å². The molecule has 0 aromatic carbocycles. The van der Waals surface area contributed by atoms with E-state index in [9.17, 15) is 9.59 Å². The van der Waals surface area contributed by atoms with Crippen LogP contribution in [0.4, 0.5) is 0 Å². The lowest BCUT2D eigenvalue weighted by molar-refractivity contribution is -0.145. The third-order valence-electron chi connectivity index (χ3n) is 6.05. The summed E-state index contributed by atoms with van der Waals surface area (Å²) in [4.78, 5) is 30.3. The fourth-order valence-corrected chi connectivity index (χ4v) is 4.64. The minimum atomic E-state index is -0.642. The molecule has 0 saturated carbocycles. The van der Waals surface area contributed by atoms with E-state index in [1.165, 1.54) is 0 Å². The molecule has 3 aliphatic rings. The first-order valence-electron chi connectivity index (χ1n) is 9.72. The van der Waals surface area contributed by atoms with E-state index in [1.54, 1.807) is 6.20 Å². The highest BCUT2D eigenvalue weighted by Gasteiger charge is 2.68. The predicted octanol–water partition coefficient (Wildman–Crippen LogP) is 1.31. The average Bonchev–Trinajstić information content (AvgIpc) is 3.36. The van der Waals surface area contributed by atoms with E-state index in [0.29, 0.717) is 26.2 Å². The maximum Gasteiger partial charge on any atom is 0.230 e. The van der Waals surface area contributed by atoms with Gasteiger partial charge in [0.2, 0.25) is 11.8 Å². The monoisotopic (exact) mass is 372 g/mol. The van der Waals surface area contributed by atoms with Gasteiger partial charge in [-0.25, -0.2) is 0 Å². The second-order valence-corrected chi connectivity index (χ2v) is 8.68. The summed E-state index contributed by atoms with van der Waals surface area (Å²) < 4.78 is 8.04. The van der Waals surface area contributed by atoms with Gasteiger partial charge in [-0.2, -0.15) is 5.10 Å². The van der Waals surface area contributed by atoms with Gasteiger partial charge in [-0.05, 0) is 33.8 Å². The molecular weight excluding hydrogens is 344 g/mol. The van der Waals surface area contributed by atoms with Crippen LogP contribution < -0.4 is 0 Å². The van der Waals surface area contributed by atoms with Crippen molar-refractivity contribution >= 4 is 11.8 Å². The van der Waals surface area contributed by atoms with Crippen molar-refractivity contribution in [3.05, 3.63) is 30.6 Å². The van der Waals surface area contributed by atoms with Crippen molar-refractivity contribution in [3.8, 4) is 0 Å². The third kappa shape index (κ3) is 2.79. The number of hydrogen-bond acceptors (Lipinski definition) is 4. The minimum absolute atomic E-state index is 0.00925. The van der Waals surface area contributed by atoms with Crippen LogP contribution in [-0.4, -0.2) is 68.3 Å². The van der Waals surface area contributed by atoms with E-state index < -0.39 is 17.4 Å². The Morgan fingerprint density at radius 3 is 2.85 bits per heavy atom. The molecule has 4 rings (SSSR count). The molecule has 2 unspecified atom stereocenters. The van der Waals surface area contributed by atoms with Crippen LogP contribution in [0.2, 0.25) is 0 Å². The molecule has 0 radical (unpaired) electrons. The number of ether oxygens (including phenoxy) is 1. The van der Waals surface area contributed by atoms with Crippen molar-refractivity contribution in [2.45, 2.75) is 51.5 Å². The van der Waals surface area contributed by atoms with E-state index in [2.05, 4.69) is 5.10 Å². The Balaban J connectivity index is 1.55. The highest BCUT2D eigenvalue weighted by molar-refractivity contribution is 5.93. The smallest absolute Gasteiger partial charge is 0.230 e. The molecule has 7 heteroatoms. The highest BCUT2D eigenvalue weighted by Crippen LogP contribution is 2.53. The summed E-state index contributed by atoms with van der Waals surface area (Å²) in [7, 11) is 0. The lowest BCUT2D eigenvalue weighted by atomic mass is 9.76. The molecule has 2 saturated heterocycles. The summed E-state index contributed by atoms with van der Waals surface area (Å²) >= 11 is 0. The maximum atomic E-state index is 13.4. The van der Waals surface area contributed by atoms with E-state index in [-0.39, 0.29) is 23.5 Å². The third-order valence-corrected chi connectivity index (χ3v) is 6.05. The molecular formula is C20H28N4O3. The Morgan fingerprint density at radius 2 is 2.22 bits per heavy atom. The summed E-state index contributed by atoms with van der Waals surface area (Å²) in [6.45, 7) is 10.4. The number of carbonyl (C=O) groups excluding carboxylic acids is 2. The molecule has 1 aromatic rings. The Bertz CT molecular complexity index is 767. The summed E-state index contributed by atoms with van der Waals surface area (Å²) in [5.74, 6) is -0.809. The SMILES string of the molecule is CCN(CCn1cccn1)C(=O)C1C2C(=O)N(C(C)(C)C)C[C@@]23C=C[C@@H]1O3. The van der Waals surface area contributed by atoms with E-state index in [1.807, 2.05) is 66.6 Å². The van der Waals surface area contributed by atoms with Crippen molar-refractivity contribution in [1.82, 2.24) is 19.6 Å². The van der Waals surface area contributed by atoms with Crippen LogP contribution in [0.25, 0.3) is 0 Å². The summed E-state index contributed by atoms with van der Waals surface area (Å²) in [6.07, 6.45) is 7.30. The topological polar surface area (TPSA) is 67.7 Å². The van der Waals surface area contributed by atoms with Crippen LogP contribution in [0.5, 0.6) is 0 Å². The number of carbonyl (C=O) groups is 2. The van der Waals surface area contributed by atoms with Crippen molar-refractivity contribution in [3.63, 3.8) is 0 Å². The molecule has 2 amide bonds. The standard InChI is InChI=1S/C20H28N4O3/c1-5-22(11-12-23-10-6-9-21-23)17(25)15-14-7-8-20(27-14)13-24(19(2,3)4)18(26)16(15)20/h6-10,14-16H,5,11-13H2,1-4H3/t14-,15?,16?,20-/m0/s1. The van der Waals surface area contributed by atoms with Crippen LogP contribution in [0.15, 0.2) is 30.6 Å². The number of fused-ring (bicyclic) bond motifs is 1. The molecule has 4 heterocycles. The van der Waals surface area contributed by atoms with Crippen molar-refractivity contribution < 1.29 is 14.3 Å². The molecule has 0 aliphatic carbocycles. The number of hydrogen-bond donors (Lipinski definition) is 0. The largest absolute Gasteiger partial charge is 0.360 e. The number of nitrogens with zero attached hydrogens (tertiary/aromatic N) is 4. The highest BCUT2D eigenvalue weighted by atomic mass is 16.5. The number of likely N-dealkylation sites (N-methyl/N-ethyl adjacent to an activating group) is 1. The van der Waals surface area contributed by atoms with Gasteiger partial charge in [0.25, 0.3) is 0 Å². The molecule has 4 atom stereocenters. The first-order chi connectivity index (χ1) is 12.8. The molecule has 1 aromatic heterocycles. The Labute approximate surface area is 159 Å². The normalized spacial score (nSPS) is 31.6. The molecule has 146 valence electrons. The lowest BCUT2D eigenvalue weighted by Gasteiger charge is -2.34. The zero-order chi connectivity index (χ0) is 19.4. The van der Waals surface area contributed by atoms with Gasteiger partial charge in [0.1, 0.15) is 5.60 Å². The summed E-state index contributed by atoms with van der Waals surface area (Å²) in [5.41, 5.74) is -0.930. The van der Waals surface area contributed by atoms with Gasteiger partial charge in [-0.1, -0.05) is 12.2 Å². The van der Waals surface area contributed by atoms with E-state index in [4.69, 9.17) is 4.74 Å². The quantitative estimate of drug-likeness (QED) is 0.731.